The molecule has 0 spiro atoms. The molecule has 0 saturated heterocycles. The Labute approximate surface area is 163 Å². The smallest absolute Gasteiger partial charge is 0.141 e. The van der Waals surface area contributed by atoms with Crippen molar-refractivity contribution in [3.05, 3.63) is 76.0 Å². The van der Waals surface area contributed by atoms with Crippen molar-refractivity contribution in [1.82, 2.24) is 10.1 Å². The molecular formula is C23H22N2OS. The molecule has 2 aromatic carbocycles. The second-order valence-electron chi connectivity index (χ2n) is 7.58. The molecule has 2 aromatic heterocycles. The maximum Gasteiger partial charge on any atom is 0.141 e. The second-order valence-corrected chi connectivity index (χ2v) is 8.53. The van der Waals surface area contributed by atoms with Crippen molar-refractivity contribution in [2.24, 2.45) is 0 Å². The molecular weight excluding hydrogens is 352 g/mol. The van der Waals surface area contributed by atoms with Crippen LogP contribution in [0.2, 0.25) is 0 Å². The highest BCUT2D eigenvalue weighted by atomic mass is 32.1. The topological polar surface area (TPSA) is 29.3 Å². The van der Waals surface area contributed by atoms with Crippen molar-refractivity contribution in [2.45, 2.75) is 26.3 Å². The van der Waals surface area contributed by atoms with E-state index in [1.807, 2.05) is 13.8 Å². The summed E-state index contributed by atoms with van der Waals surface area (Å²) in [5.74, 6) is 1.29. The fraction of sp³-hybridized carbons (Fsp3) is 0.261. The van der Waals surface area contributed by atoms with E-state index >= 15 is 0 Å². The number of aryl methyl sites for hydroxylation is 2. The van der Waals surface area contributed by atoms with E-state index in [0.29, 0.717) is 5.92 Å². The number of thiophene rings is 1. The molecule has 1 aliphatic rings. The van der Waals surface area contributed by atoms with Gasteiger partial charge in [-0.05, 0) is 78.2 Å². The Morgan fingerprint density at radius 3 is 2.81 bits per heavy atom. The predicted octanol–water partition coefficient (Wildman–Crippen LogP) is 5.75. The van der Waals surface area contributed by atoms with E-state index in [0.717, 1.165) is 30.1 Å². The number of aromatic nitrogens is 1. The Morgan fingerprint density at radius 2 is 2.00 bits per heavy atom. The summed E-state index contributed by atoms with van der Waals surface area (Å²) in [7, 11) is 2.21. The van der Waals surface area contributed by atoms with Crippen molar-refractivity contribution in [3.63, 3.8) is 0 Å². The number of hydrogen-bond donors (Lipinski definition) is 0. The first-order chi connectivity index (χ1) is 13.1. The molecule has 27 heavy (non-hydrogen) atoms. The van der Waals surface area contributed by atoms with E-state index in [4.69, 9.17) is 4.52 Å². The van der Waals surface area contributed by atoms with Crippen LogP contribution in [0.5, 0.6) is 0 Å². The van der Waals surface area contributed by atoms with Gasteiger partial charge in [0.2, 0.25) is 0 Å². The molecule has 0 saturated carbocycles. The van der Waals surface area contributed by atoms with E-state index in [9.17, 15) is 0 Å². The summed E-state index contributed by atoms with van der Waals surface area (Å²) in [6.45, 7) is 6.02. The monoisotopic (exact) mass is 374 g/mol. The summed E-state index contributed by atoms with van der Waals surface area (Å²) < 4.78 is 6.74. The molecule has 0 N–H and O–H groups in total. The average Bonchev–Trinajstić information content (AvgIpc) is 3.26. The Bertz CT molecular complexity index is 1120. The zero-order valence-electron chi connectivity index (χ0n) is 15.8. The minimum Gasteiger partial charge on any atom is -0.361 e. The summed E-state index contributed by atoms with van der Waals surface area (Å²) in [6, 6.07) is 16.0. The molecule has 4 aromatic rings. The molecule has 1 atom stereocenters. The SMILES string of the molecule is Cc1noc(C)c1-c1ccc2c(c1)CN(C)CC2c1ccc2sccc2c1. The fourth-order valence-electron chi connectivity index (χ4n) is 4.39. The third-order valence-electron chi connectivity index (χ3n) is 5.65. The molecule has 1 unspecified atom stereocenters. The van der Waals surface area contributed by atoms with E-state index in [1.165, 1.54) is 32.3 Å². The van der Waals surface area contributed by atoms with Crippen molar-refractivity contribution in [2.75, 3.05) is 13.6 Å². The van der Waals surface area contributed by atoms with Gasteiger partial charge in [0, 0.05) is 29.3 Å². The van der Waals surface area contributed by atoms with Crippen LogP contribution in [0.4, 0.5) is 0 Å². The number of hydrogen-bond acceptors (Lipinski definition) is 4. The number of nitrogens with zero attached hydrogens (tertiary/aromatic N) is 2. The summed E-state index contributed by atoms with van der Waals surface area (Å²) in [6.07, 6.45) is 0. The molecule has 0 radical (unpaired) electrons. The molecule has 0 amide bonds. The lowest BCUT2D eigenvalue weighted by molar-refractivity contribution is 0.295. The van der Waals surface area contributed by atoms with Crippen LogP contribution >= 0.6 is 11.3 Å². The summed E-state index contributed by atoms with van der Waals surface area (Å²) in [4.78, 5) is 2.42. The molecule has 136 valence electrons. The van der Waals surface area contributed by atoms with E-state index in [2.05, 4.69) is 64.9 Å². The lowest BCUT2D eigenvalue weighted by Crippen LogP contribution is -2.31. The van der Waals surface area contributed by atoms with Crippen LogP contribution in [-0.4, -0.2) is 23.6 Å². The van der Waals surface area contributed by atoms with Crippen LogP contribution in [0.1, 0.15) is 34.1 Å². The van der Waals surface area contributed by atoms with E-state index in [-0.39, 0.29) is 0 Å². The summed E-state index contributed by atoms with van der Waals surface area (Å²) in [5, 5.41) is 7.64. The highest BCUT2D eigenvalue weighted by molar-refractivity contribution is 7.17. The van der Waals surface area contributed by atoms with Crippen molar-refractivity contribution in [1.29, 1.82) is 0 Å². The second kappa shape index (κ2) is 6.32. The Morgan fingerprint density at radius 1 is 1.11 bits per heavy atom. The third kappa shape index (κ3) is 2.80. The van der Waals surface area contributed by atoms with E-state index < -0.39 is 0 Å². The summed E-state index contributed by atoms with van der Waals surface area (Å²) in [5.41, 5.74) is 7.53. The standard InChI is InChI=1S/C23H22N2OS/c1-14-23(15(2)26-24-14)18-4-6-20-19(11-18)12-25(3)13-21(20)16-5-7-22-17(10-16)8-9-27-22/h4-11,21H,12-13H2,1-3H3. The predicted molar refractivity (Wildman–Crippen MR) is 111 cm³/mol. The van der Waals surface area contributed by atoms with Crippen LogP contribution in [0.15, 0.2) is 52.4 Å². The van der Waals surface area contributed by atoms with Gasteiger partial charge in [0.05, 0.1) is 5.69 Å². The quantitative estimate of drug-likeness (QED) is 0.447. The van der Waals surface area contributed by atoms with Gasteiger partial charge >= 0.3 is 0 Å². The van der Waals surface area contributed by atoms with Crippen molar-refractivity contribution < 1.29 is 4.52 Å². The maximum absolute atomic E-state index is 5.38. The van der Waals surface area contributed by atoms with Crippen molar-refractivity contribution >= 4 is 21.4 Å². The average molecular weight is 375 g/mol. The minimum atomic E-state index is 0.404. The van der Waals surface area contributed by atoms with Gasteiger partial charge in [0.1, 0.15) is 5.76 Å². The molecule has 1 aliphatic heterocycles. The Balaban J connectivity index is 1.61. The normalized spacial score (nSPS) is 17.4. The van der Waals surface area contributed by atoms with Gasteiger partial charge in [-0.25, -0.2) is 0 Å². The van der Waals surface area contributed by atoms with Crippen LogP contribution in [0.25, 0.3) is 21.2 Å². The highest BCUT2D eigenvalue weighted by Gasteiger charge is 2.26. The lowest BCUT2D eigenvalue weighted by atomic mass is 9.83. The maximum atomic E-state index is 5.38. The first-order valence-electron chi connectivity index (χ1n) is 9.32. The summed E-state index contributed by atoms with van der Waals surface area (Å²) >= 11 is 1.81. The van der Waals surface area contributed by atoms with Gasteiger partial charge in [-0.2, -0.15) is 0 Å². The van der Waals surface area contributed by atoms with Gasteiger partial charge in [-0.1, -0.05) is 23.4 Å². The number of rotatable bonds is 2. The zero-order chi connectivity index (χ0) is 18.5. The van der Waals surface area contributed by atoms with Gasteiger partial charge in [-0.15, -0.1) is 11.3 Å². The van der Waals surface area contributed by atoms with Crippen LogP contribution in [-0.2, 0) is 6.54 Å². The van der Waals surface area contributed by atoms with Crippen LogP contribution < -0.4 is 0 Å². The first-order valence-corrected chi connectivity index (χ1v) is 10.2. The molecule has 4 heteroatoms. The number of fused-ring (bicyclic) bond motifs is 2. The molecule has 0 bridgehead atoms. The van der Waals surface area contributed by atoms with Crippen molar-refractivity contribution in [3.8, 4) is 11.1 Å². The molecule has 3 nitrogen and oxygen atoms in total. The van der Waals surface area contributed by atoms with Crippen LogP contribution in [0.3, 0.4) is 0 Å². The molecule has 3 heterocycles. The van der Waals surface area contributed by atoms with E-state index in [1.54, 1.807) is 11.3 Å². The largest absolute Gasteiger partial charge is 0.361 e. The minimum absolute atomic E-state index is 0.404. The zero-order valence-corrected chi connectivity index (χ0v) is 16.6. The first kappa shape index (κ1) is 16.7. The Hall–Kier alpha value is -2.43. The third-order valence-corrected chi connectivity index (χ3v) is 6.55. The van der Waals surface area contributed by atoms with Crippen LogP contribution in [0, 0.1) is 13.8 Å². The fourth-order valence-corrected chi connectivity index (χ4v) is 5.16. The molecule has 0 aliphatic carbocycles. The number of likely N-dealkylation sites (N-methyl/N-ethyl adjacent to an activating group) is 1. The number of benzene rings is 2. The van der Waals surface area contributed by atoms with Gasteiger partial charge in [-0.3, -0.25) is 0 Å². The molecule has 0 fully saturated rings. The van der Waals surface area contributed by atoms with Gasteiger partial charge in [0.15, 0.2) is 0 Å². The highest BCUT2D eigenvalue weighted by Crippen LogP contribution is 2.38. The van der Waals surface area contributed by atoms with Gasteiger partial charge < -0.3 is 9.42 Å². The van der Waals surface area contributed by atoms with Gasteiger partial charge in [0.25, 0.3) is 0 Å². The molecule has 5 rings (SSSR count). The Kier molecular flexibility index (Phi) is 3.92. The lowest BCUT2D eigenvalue weighted by Gasteiger charge is -2.33.